The van der Waals surface area contributed by atoms with E-state index in [1.165, 1.54) is 12.1 Å². The average molecular weight is 443 g/mol. The van der Waals surface area contributed by atoms with Gasteiger partial charge in [0.25, 0.3) is 0 Å². The summed E-state index contributed by atoms with van der Waals surface area (Å²) in [6.45, 7) is 8.65. The number of halogens is 1. The Morgan fingerprint density at radius 1 is 1.03 bits per heavy atom. The number of carbonyl (C=O) groups is 2. The van der Waals surface area contributed by atoms with E-state index in [0.717, 1.165) is 11.1 Å². The predicted octanol–water partition coefficient (Wildman–Crippen LogP) is 3.86. The fourth-order valence-electron chi connectivity index (χ4n) is 3.48. The highest BCUT2D eigenvalue weighted by atomic mass is 19.1. The molecule has 2 aromatic rings. The molecule has 0 saturated carbocycles. The van der Waals surface area contributed by atoms with Crippen LogP contribution in [-0.4, -0.2) is 41.5 Å². The van der Waals surface area contributed by atoms with Gasteiger partial charge in [-0.05, 0) is 69.5 Å². The fraction of sp³-hybridized carbons (Fsp3) is 0.440. The molecule has 172 valence electrons. The van der Waals surface area contributed by atoms with Crippen LogP contribution >= 0.6 is 0 Å². The van der Waals surface area contributed by atoms with Gasteiger partial charge in [-0.2, -0.15) is 0 Å². The number of ether oxygens (including phenoxy) is 2. The van der Waals surface area contributed by atoms with Crippen molar-refractivity contribution in [1.82, 2.24) is 10.2 Å². The molecule has 1 heterocycles. The molecule has 3 rings (SSSR count). The molecule has 1 aliphatic rings. The number of hydrogen-bond donors (Lipinski definition) is 1. The van der Waals surface area contributed by atoms with Gasteiger partial charge >= 0.3 is 0 Å². The maximum atomic E-state index is 13.3. The Balaban J connectivity index is 1.73. The van der Waals surface area contributed by atoms with E-state index in [1.807, 2.05) is 39.0 Å². The molecule has 1 atom stereocenters. The molecule has 0 aromatic heterocycles. The molecule has 0 fully saturated rings. The molecule has 6 nitrogen and oxygen atoms in total. The summed E-state index contributed by atoms with van der Waals surface area (Å²) in [5.41, 5.74) is 1.30. The van der Waals surface area contributed by atoms with E-state index in [4.69, 9.17) is 9.47 Å². The van der Waals surface area contributed by atoms with E-state index in [9.17, 15) is 14.0 Å². The normalized spacial score (nSPS) is 13.9. The van der Waals surface area contributed by atoms with Gasteiger partial charge in [-0.15, -0.1) is 0 Å². The van der Waals surface area contributed by atoms with Crippen molar-refractivity contribution in [3.8, 4) is 11.5 Å². The first-order chi connectivity index (χ1) is 15.1. The number of hydrogen-bond acceptors (Lipinski definition) is 4. The number of carbonyl (C=O) groups excluding carboxylic acids is 2. The first-order valence-electron chi connectivity index (χ1n) is 10.9. The van der Waals surface area contributed by atoms with Gasteiger partial charge in [0.15, 0.2) is 11.5 Å². The molecule has 0 saturated heterocycles. The lowest BCUT2D eigenvalue weighted by atomic mass is 10.1. The summed E-state index contributed by atoms with van der Waals surface area (Å²) in [6, 6.07) is 11.0. The van der Waals surface area contributed by atoms with Crippen molar-refractivity contribution in [1.29, 1.82) is 0 Å². The van der Waals surface area contributed by atoms with Crippen molar-refractivity contribution in [2.75, 3.05) is 13.2 Å². The number of fused-ring (bicyclic) bond motifs is 1. The van der Waals surface area contributed by atoms with Crippen LogP contribution in [0.4, 0.5) is 4.39 Å². The monoisotopic (exact) mass is 442 g/mol. The third kappa shape index (κ3) is 6.45. The van der Waals surface area contributed by atoms with Crippen LogP contribution in [0, 0.1) is 5.82 Å². The van der Waals surface area contributed by atoms with E-state index in [2.05, 4.69) is 5.32 Å². The second-order valence-electron chi connectivity index (χ2n) is 9.04. The SMILES string of the molecule is C[C@@H](C(=O)NC(C)(C)C)N(Cc1ccc(F)cc1)C(=O)CCc1ccc2c(c1)OCCO2. The first kappa shape index (κ1) is 23.6. The summed E-state index contributed by atoms with van der Waals surface area (Å²) >= 11 is 0. The van der Waals surface area contributed by atoms with Crippen molar-refractivity contribution in [3.05, 3.63) is 59.4 Å². The number of rotatable bonds is 7. The van der Waals surface area contributed by atoms with Crippen molar-refractivity contribution in [2.45, 2.75) is 58.7 Å². The second kappa shape index (κ2) is 10.0. The van der Waals surface area contributed by atoms with Gasteiger partial charge in [0, 0.05) is 18.5 Å². The first-order valence-corrected chi connectivity index (χ1v) is 10.9. The maximum absolute atomic E-state index is 13.3. The summed E-state index contributed by atoms with van der Waals surface area (Å²) in [5, 5.41) is 2.93. The molecule has 0 bridgehead atoms. The average Bonchev–Trinajstić information content (AvgIpc) is 2.75. The Morgan fingerprint density at radius 3 is 2.31 bits per heavy atom. The molecule has 0 unspecified atom stereocenters. The second-order valence-corrected chi connectivity index (χ2v) is 9.04. The van der Waals surface area contributed by atoms with Crippen LogP contribution in [0.3, 0.4) is 0 Å². The minimum Gasteiger partial charge on any atom is -0.486 e. The Kier molecular flexibility index (Phi) is 7.38. The van der Waals surface area contributed by atoms with Gasteiger partial charge in [0.05, 0.1) is 0 Å². The van der Waals surface area contributed by atoms with Crippen LogP contribution in [0.15, 0.2) is 42.5 Å². The van der Waals surface area contributed by atoms with Crippen LogP contribution in [0.25, 0.3) is 0 Å². The molecule has 1 aliphatic heterocycles. The van der Waals surface area contributed by atoms with E-state index in [-0.39, 0.29) is 30.6 Å². The molecule has 0 spiro atoms. The topological polar surface area (TPSA) is 67.9 Å². The van der Waals surface area contributed by atoms with E-state index >= 15 is 0 Å². The minimum absolute atomic E-state index is 0.152. The molecular formula is C25H31FN2O4. The number of nitrogens with zero attached hydrogens (tertiary/aromatic N) is 1. The zero-order valence-corrected chi connectivity index (χ0v) is 19.1. The molecule has 0 aliphatic carbocycles. The molecule has 2 aromatic carbocycles. The Labute approximate surface area is 188 Å². The Hall–Kier alpha value is -3.09. The molecule has 1 N–H and O–H groups in total. The largest absolute Gasteiger partial charge is 0.486 e. The highest BCUT2D eigenvalue weighted by Gasteiger charge is 2.28. The third-order valence-corrected chi connectivity index (χ3v) is 5.17. The zero-order valence-electron chi connectivity index (χ0n) is 19.1. The zero-order chi connectivity index (χ0) is 23.3. The standard InChI is InChI=1S/C25H31FN2O4/c1-17(24(30)27-25(2,3)4)28(16-19-5-9-20(26)10-6-19)23(29)12-8-18-7-11-21-22(15-18)32-14-13-31-21/h5-7,9-11,15,17H,8,12-14,16H2,1-4H3,(H,27,30)/t17-/m0/s1. The maximum Gasteiger partial charge on any atom is 0.242 e. The van der Waals surface area contributed by atoms with Gasteiger partial charge in [0.1, 0.15) is 25.1 Å². The summed E-state index contributed by atoms with van der Waals surface area (Å²) < 4.78 is 24.5. The lowest BCUT2D eigenvalue weighted by molar-refractivity contribution is -0.141. The highest BCUT2D eigenvalue weighted by molar-refractivity contribution is 5.87. The van der Waals surface area contributed by atoms with Gasteiger partial charge in [-0.3, -0.25) is 9.59 Å². The summed E-state index contributed by atoms with van der Waals surface area (Å²) in [7, 11) is 0. The quantitative estimate of drug-likeness (QED) is 0.707. The van der Waals surface area contributed by atoms with E-state index in [1.54, 1.807) is 24.0 Å². The highest BCUT2D eigenvalue weighted by Crippen LogP contribution is 2.31. The van der Waals surface area contributed by atoms with Crippen molar-refractivity contribution >= 4 is 11.8 Å². The Morgan fingerprint density at radius 2 is 1.66 bits per heavy atom. The number of benzene rings is 2. The number of aryl methyl sites for hydroxylation is 1. The van der Waals surface area contributed by atoms with Gasteiger partial charge < -0.3 is 19.7 Å². The molecule has 32 heavy (non-hydrogen) atoms. The fourth-order valence-corrected chi connectivity index (χ4v) is 3.48. The molecular weight excluding hydrogens is 411 g/mol. The number of amides is 2. The summed E-state index contributed by atoms with van der Waals surface area (Å²) in [5.74, 6) is 0.663. The summed E-state index contributed by atoms with van der Waals surface area (Å²) in [6.07, 6.45) is 0.733. The van der Waals surface area contributed by atoms with Crippen LogP contribution in [0.5, 0.6) is 11.5 Å². The van der Waals surface area contributed by atoms with E-state index < -0.39 is 11.6 Å². The van der Waals surface area contributed by atoms with Crippen molar-refractivity contribution in [3.63, 3.8) is 0 Å². The smallest absolute Gasteiger partial charge is 0.242 e. The molecule has 7 heteroatoms. The van der Waals surface area contributed by atoms with Crippen molar-refractivity contribution in [2.24, 2.45) is 0 Å². The lowest BCUT2D eigenvalue weighted by Crippen LogP contribution is -2.52. The number of nitrogens with one attached hydrogen (secondary N) is 1. The minimum atomic E-state index is -0.674. The van der Waals surface area contributed by atoms with Gasteiger partial charge in [0.2, 0.25) is 11.8 Å². The van der Waals surface area contributed by atoms with Crippen LogP contribution in [-0.2, 0) is 22.6 Å². The predicted molar refractivity (Wildman–Crippen MR) is 120 cm³/mol. The van der Waals surface area contributed by atoms with Crippen LogP contribution < -0.4 is 14.8 Å². The van der Waals surface area contributed by atoms with Gasteiger partial charge in [-0.25, -0.2) is 4.39 Å². The van der Waals surface area contributed by atoms with E-state index in [0.29, 0.717) is 31.1 Å². The van der Waals surface area contributed by atoms with Gasteiger partial charge in [-0.1, -0.05) is 18.2 Å². The lowest BCUT2D eigenvalue weighted by Gasteiger charge is -2.31. The third-order valence-electron chi connectivity index (χ3n) is 5.17. The molecule has 2 amide bonds. The Bertz CT molecular complexity index is 953. The molecule has 0 radical (unpaired) electrons. The summed E-state index contributed by atoms with van der Waals surface area (Å²) in [4.78, 5) is 27.5. The van der Waals surface area contributed by atoms with Crippen molar-refractivity contribution < 1.29 is 23.5 Å². The van der Waals surface area contributed by atoms with Crippen LogP contribution in [0.2, 0.25) is 0 Å². The van der Waals surface area contributed by atoms with Crippen LogP contribution in [0.1, 0.15) is 45.2 Å².